The van der Waals surface area contributed by atoms with Gasteiger partial charge in [-0.3, -0.25) is 33.8 Å². The maximum Gasteiger partial charge on any atom is 0.303 e. The van der Waals surface area contributed by atoms with Crippen molar-refractivity contribution in [3.63, 3.8) is 0 Å². The van der Waals surface area contributed by atoms with Gasteiger partial charge in [-0.05, 0) is 49.8 Å². The second-order valence-electron chi connectivity index (χ2n) is 10.7. The summed E-state index contributed by atoms with van der Waals surface area (Å²) in [6, 6.07) is 4.70. The predicted octanol–water partition coefficient (Wildman–Crippen LogP) is 4.51. The van der Waals surface area contributed by atoms with E-state index in [9.17, 15) is 29.1 Å². The maximum absolute atomic E-state index is 13.8. The molecule has 9 nitrogen and oxygen atoms in total. The van der Waals surface area contributed by atoms with Gasteiger partial charge in [-0.25, -0.2) is 0 Å². The number of imide groups is 2. The molecule has 3 fully saturated rings. The van der Waals surface area contributed by atoms with E-state index in [2.05, 4.69) is 31.9 Å². The van der Waals surface area contributed by atoms with Crippen molar-refractivity contribution in [2.75, 3.05) is 12.0 Å². The number of fused-ring (bicyclic) bond motifs is 4. The molecule has 214 valence electrons. The molecule has 2 aliphatic carbocycles. The second-order valence-corrected chi connectivity index (χ2v) is 13.4. The first-order valence-corrected chi connectivity index (χ1v) is 15.6. The minimum Gasteiger partial charge on any atom is -0.508 e. The van der Waals surface area contributed by atoms with Crippen molar-refractivity contribution in [1.82, 2.24) is 9.80 Å². The van der Waals surface area contributed by atoms with Crippen LogP contribution in [0.5, 0.6) is 5.75 Å². The molecule has 0 bridgehead atoms. The number of hydrogen-bond donors (Lipinski definition) is 2. The lowest BCUT2D eigenvalue weighted by Crippen LogP contribution is -2.60. The summed E-state index contributed by atoms with van der Waals surface area (Å²) in [6.45, 7) is 0.169. The van der Waals surface area contributed by atoms with Gasteiger partial charge in [0.15, 0.2) is 9.75 Å². The largest absolute Gasteiger partial charge is 0.508 e. The Morgan fingerprint density at radius 2 is 1.75 bits per heavy atom. The predicted molar refractivity (Wildman–Crippen MR) is 152 cm³/mol. The standard InChI is InChI=1S/C27H26Br2Cl2N2O7/c28-12-33-24(39)26(30)11-17-14(21(27(26,31)25(33)40)16-10-13(29)5-8-18(16)34)6-7-15-20(17)23(38)32(22(15)37)9-3-1-2-4-19(35)36/h5-6,8,10,15,17,20-21,34H,1-4,7,9,11-12H2,(H,35,36). The summed E-state index contributed by atoms with van der Waals surface area (Å²) < 4.78 is 0.604. The van der Waals surface area contributed by atoms with Crippen LogP contribution >= 0.6 is 55.1 Å². The second kappa shape index (κ2) is 10.7. The number of aromatic hydroxyl groups is 1. The molecule has 4 aliphatic rings. The number of nitrogens with zero attached hydrogens (tertiary/aromatic N) is 2. The Morgan fingerprint density at radius 3 is 2.42 bits per heavy atom. The van der Waals surface area contributed by atoms with E-state index >= 15 is 0 Å². The summed E-state index contributed by atoms with van der Waals surface area (Å²) in [7, 11) is 0. The van der Waals surface area contributed by atoms with Gasteiger partial charge in [0.25, 0.3) is 11.8 Å². The van der Waals surface area contributed by atoms with E-state index in [0.717, 1.165) is 4.90 Å². The summed E-state index contributed by atoms with van der Waals surface area (Å²) in [5.74, 6) is -6.31. The van der Waals surface area contributed by atoms with Crippen LogP contribution in [0, 0.1) is 17.8 Å². The quantitative estimate of drug-likeness (QED) is 0.133. The van der Waals surface area contributed by atoms with E-state index in [0.29, 0.717) is 29.3 Å². The average molecular weight is 721 g/mol. The van der Waals surface area contributed by atoms with Crippen molar-refractivity contribution in [3.05, 3.63) is 39.9 Å². The van der Waals surface area contributed by atoms with Crippen molar-refractivity contribution < 1.29 is 34.2 Å². The topological polar surface area (TPSA) is 132 Å². The number of hydrogen-bond acceptors (Lipinski definition) is 6. The number of amides is 4. The zero-order valence-corrected chi connectivity index (χ0v) is 25.8. The minimum absolute atomic E-state index is 0.0163. The molecular weight excluding hydrogens is 695 g/mol. The number of halogens is 4. The number of alkyl halides is 3. The highest BCUT2D eigenvalue weighted by molar-refractivity contribution is 9.10. The fourth-order valence-corrected chi connectivity index (χ4v) is 8.66. The fourth-order valence-electron chi connectivity index (χ4n) is 6.86. The summed E-state index contributed by atoms with van der Waals surface area (Å²) in [4.78, 5) is 63.6. The van der Waals surface area contributed by atoms with Gasteiger partial charge in [0.05, 0.1) is 17.3 Å². The van der Waals surface area contributed by atoms with Crippen LogP contribution in [0.2, 0.25) is 0 Å². The van der Waals surface area contributed by atoms with E-state index < -0.39 is 51.2 Å². The third-order valence-corrected chi connectivity index (χ3v) is 11.1. The van der Waals surface area contributed by atoms with Gasteiger partial charge in [0.1, 0.15) is 5.75 Å². The molecular formula is C27H26Br2Cl2N2O7. The molecule has 4 amide bonds. The van der Waals surface area contributed by atoms with E-state index in [-0.39, 0.29) is 54.4 Å². The van der Waals surface area contributed by atoms with Gasteiger partial charge in [0, 0.05) is 28.9 Å². The van der Waals surface area contributed by atoms with Crippen LogP contribution in [0.1, 0.15) is 50.0 Å². The number of carbonyl (C=O) groups excluding carboxylic acids is 4. The highest BCUT2D eigenvalue weighted by atomic mass is 79.9. The van der Waals surface area contributed by atoms with Crippen molar-refractivity contribution in [2.45, 2.75) is 54.2 Å². The number of likely N-dealkylation sites (tertiary alicyclic amines) is 2. The number of carboxylic acids is 1. The highest BCUT2D eigenvalue weighted by Crippen LogP contribution is 2.66. The molecule has 0 aromatic heterocycles. The van der Waals surface area contributed by atoms with Gasteiger partial charge >= 0.3 is 5.97 Å². The smallest absolute Gasteiger partial charge is 0.303 e. The number of phenols is 1. The molecule has 2 N–H and O–H groups in total. The van der Waals surface area contributed by atoms with Crippen LogP contribution < -0.4 is 0 Å². The van der Waals surface area contributed by atoms with Crippen LogP contribution in [0.15, 0.2) is 34.3 Å². The lowest BCUT2D eigenvalue weighted by Gasteiger charge is -2.50. The Hall–Kier alpha value is -1.95. The molecule has 0 spiro atoms. The highest BCUT2D eigenvalue weighted by Gasteiger charge is 2.76. The Labute approximate surface area is 257 Å². The monoisotopic (exact) mass is 718 g/mol. The number of allylic oxidation sites excluding steroid dienone is 2. The first kappa shape index (κ1) is 29.5. The molecule has 13 heteroatoms. The molecule has 40 heavy (non-hydrogen) atoms. The number of rotatable bonds is 8. The number of unbranched alkanes of at least 4 members (excludes halogenated alkanes) is 2. The number of benzene rings is 1. The van der Waals surface area contributed by atoms with E-state index in [1.165, 1.54) is 11.0 Å². The van der Waals surface area contributed by atoms with Crippen molar-refractivity contribution >= 4 is 84.7 Å². The van der Waals surface area contributed by atoms with Gasteiger partial charge in [0.2, 0.25) is 11.8 Å². The third-order valence-electron chi connectivity index (χ3n) is 8.68. The van der Waals surface area contributed by atoms with E-state index in [4.69, 9.17) is 28.3 Å². The Morgan fingerprint density at radius 1 is 1.02 bits per heavy atom. The van der Waals surface area contributed by atoms with E-state index in [1.54, 1.807) is 12.1 Å². The first-order valence-electron chi connectivity index (χ1n) is 12.9. The van der Waals surface area contributed by atoms with Crippen molar-refractivity contribution in [2.24, 2.45) is 17.8 Å². The number of carboxylic acid groups (broad SMARTS) is 1. The molecule has 2 saturated heterocycles. The lowest BCUT2D eigenvalue weighted by molar-refractivity contribution is -0.141. The van der Waals surface area contributed by atoms with Crippen LogP contribution in [0.25, 0.3) is 0 Å². The Kier molecular flexibility index (Phi) is 7.91. The fraction of sp³-hybridized carbons (Fsp3) is 0.519. The molecule has 1 aromatic rings. The SMILES string of the molecule is O=C(O)CCCCCN1C(=O)C2CC=C3C(CC4(Cl)C(=O)N(CBr)C(=O)C4(Cl)C3c3cc(Br)ccc3O)C2C1=O. The average Bonchev–Trinajstić information content (AvgIpc) is 3.23. The zero-order chi connectivity index (χ0) is 29.1. The summed E-state index contributed by atoms with van der Waals surface area (Å²) in [5, 5.41) is 19.8. The number of carbonyl (C=O) groups is 5. The van der Waals surface area contributed by atoms with Crippen LogP contribution in [-0.2, 0) is 24.0 Å². The molecule has 6 atom stereocenters. The van der Waals surface area contributed by atoms with Crippen molar-refractivity contribution in [1.29, 1.82) is 0 Å². The molecule has 0 radical (unpaired) electrons. The molecule has 2 aliphatic heterocycles. The molecule has 1 saturated carbocycles. The van der Waals surface area contributed by atoms with Crippen LogP contribution in [-0.4, -0.2) is 71.4 Å². The van der Waals surface area contributed by atoms with Crippen molar-refractivity contribution in [3.8, 4) is 5.75 Å². The normalized spacial score (nSPS) is 33.1. The van der Waals surface area contributed by atoms with E-state index in [1.807, 2.05) is 6.08 Å². The zero-order valence-electron chi connectivity index (χ0n) is 21.1. The number of aliphatic carboxylic acids is 1. The van der Waals surface area contributed by atoms with Crippen LogP contribution in [0.4, 0.5) is 0 Å². The Bertz CT molecular complexity index is 1360. The summed E-state index contributed by atoms with van der Waals surface area (Å²) in [6.07, 6.45) is 3.40. The molecule has 2 heterocycles. The van der Waals surface area contributed by atoms with Gasteiger partial charge < -0.3 is 10.2 Å². The minimum atomic E-state index is -1.98. The molecule has 5 rings (SSSR count). The maximum atomic E-state index is 13.8. The molecule has 6 unspecified atom stereocenters. The van der Waals surface area contributed by atoms with Gasteiger partial charge in [-0.1, -0.05) is 49.9 Å². The number of phenolic OH excluding ortho intramolecular Hbond substituents is 1. The summed E-state index contributed by atoms with van der Waals surface area (Å²) in [5.41, 5.74) is 0.754. The first-order chi connectivity index (χ1) is 18.9. The third kappa shape index (κ3) is 4.25. The van der Waals surface area contributed by atoms with Gasteiger partial charge in [-0.15, -0.1) is 23.2 Å². The van der Waals surface area contributed by atoms with Gasteiger partial charge in [-0.2, -0.15) is 0 Å². The van der Waals surface area contributed by atoms with Crippen LogP contribution in [0.3, 0.4) is 0 Å². The Balaban J connectivity index is 1.55. The summed E-state index contributed by atoms with van der Waals surface area (Å²) >= 11 is 20.9. The molecule has 1 aromatic carbocycles. The lowest BCUT2D eigenvalue weighted by atomic mass is 9.56.